The molecule has 100 valence electrons. The molecule has 2 aromatic carbocycles. The van der Waals surface area contributed by atoms with E-state index in [1.807, 2.05) is 19.1 Å². The molecule has 0 bridgehead atoms. The summed E-state index contributed by atoms with van der Waals surface area (Å²) in [4.78, 5) is -0.0921. The Morgan fingerprint density at radius 1 is 1.11 bits per heavy atom. The second kappa shape index (κ2) is 5.01. The van der Waals surface area contributed by atoms with Gasteiger partial charge in [0.15, 0.2) is 9.84 Å². The average molecular weight is 279 g/mol. The highest BCUT2D eigenvalue weighted by Crippen LogP contribution is 2.20. The van der Waals surface area contributed by atoms with Gasteiger partial charge in [-0.15, -0.1) is 0 Å². The highest BCUT2D eigenvalue weighted by molar-refractivity contribution is 7.90. The number of sulfone groups is 1. The summed E-state index contributed by atoms with van der Waals surface area (Å²) in [6.07, 6.45) is 0. The van der Waals surface area contributed by atoms with Crippen LogP contribution in [0.15, 0.2) is 47.4 Å². The molecule has 0 atom stereocenters. The molecule has 0 saturated heterocycles. The zero-order valence-corrected chi connectivity index (χ0v) is 11.2. The Balaban J connectivity index is 2.34. The van der Waals surface area contributed by atoms with Gasteiger partial charge < -0.3 is 5.73 Å². The summed E-state index contributed by atoms with van der Waals surface area (Å²) in [5.74, 6) is -0.821. The summed E-state index contributed by atoms with van der Waals surface area (Å²) in [6.45, 7) is 1.92. The fourth-order valence-corrected chi connectivity index (χ4v) is 3.16. The standard InChI is InChI=1S/C14H14FNO2S/c1-10-2-4-11(5-3-10)9-19(17,18)14-7-12(15)6-13(16)8-14/h2-8H,9,16H2,1H3. The largest absolute Gasteiger partial charge is 0.399 e. The van der Waals surface area contributed by atoms with Crippen LogP contribution in [0.25, 0.3) is 0 Å². The molecular weight excluding hydrogens is 265 g/mol. The number of benzene rings is 2. The van der Waals surface area contributed by atoms with E-state index in [9.17, 15) is 12.8 Å². The molecule has 0 heterocycles. The van der Waals surface area contributed by atoms with Gasteiger partial charge in [0.05, 0.1) is 10.6 Å². The third-order valence-corrected chi connectivity index (χ3v) is 4.40. The number of hydrogen-bond acceptors (Lipinski definition) is 3. The van der Waals surface area contributed by atoms with E-state index in [4.69, 9.17) is 5.73 Å². The first-order valence-electron chi connectivity index (χ1n) is 5.71. The van der Waals surface area contributed by atoms with Gasteiger partial charge in [0.2, 0.25) is 0 Å². The molecule has 0 unspecified atom stereocenters. The summed E-state index contributed by atoms with van der Waals surface area (Å²) in [5.41, 5.74) is 7.28. The lowest BCUT2D eigenvalue weighted by Crippen LogP contribution is -2.06. The predicted molar refractivity (Wildman–Crippen MR) is 72.9 cm³/mol. The van der Waals surface area contributed by atoms with Crippen molar-refractivity contribution in [3.63, 3.8) is 0 Å². The molecule has 0 amide bonds. The highest BCUT2D eigenvalue weighted by Gasteiger charge is 2.16. The number of hydrogen-bond donors (Lipinski definition) is 1. The molecule has 19 heavy (non-hydrogen) atoms. The fourth-order valence-electron chi connectivity index (χ4n) is 1.75. The first-order valence-corrected chi connectivity index (χ1v) is 7.36. The van der Waals surface area contributed by atoms with Crippen molar-refractivity contribution in [1.29, 1.82) is 0 Å². The van der Waals surface area contributed by atoms with Crippen LogP contribution in [0, 0.1) is 12.7 Å². The van der Waals surface area contributed by atoms with Crippen molar-refractivity contribution in [2.24, 2.45) is 0 Å². The van der Waals surface area contributed by atoms with E-state index in [1.54, 1.807) is 12.1 Å². The molecular formula is C14H14FNO2S. The minimum atomic E-state index is -3.59. The predicted octanol–water partition coefficient (Wildman–Crippen LogP) is 2.69. The second-order valence-electron chi connectivity index (χ2n) is 4.46. The lowest BCUT2D eigenvalue weighted by molar-refractivity contribution is 0.590. The van der Waals surface area contributed by atoms with E-state index < -0.39 is 15.7 Å². The van der Waals surface area contributed by atoms with Crippen molar-refractivity contribution >= 4 is 15.5 Å². The van der Waals surface area contributed by atoms with Crippen LogP contribution in [0.4, 0.5) is 10.1 Å². The van der Waals surface area contributed by atoms with Gasteiger partial charge in [0.25, 0.3) is 0 Å². The van der Waals surface area contributed by atoms with E-state index in [0.29, 0.717) is 5.56 Å². The molecule has 0 fully saturated rings. The van der Waals surface area contributed by atoms with Gasteiger partial charge in [0, 0.05) is 5.69 Å². The van der Waals surface area contributed by atoms with Crippen LogP contribution in [0.3, 0.4) is 0 Å². The van der Waals surface area contributed by atoms with Gasteiger partial charge in [-0.25, -0.2) is 12.8 Å². The Hall–Kier alpha value is -1.88. The van der Waals surface area contributed by atoms with Crippen LogP contribution >= 0.6 is 0 Å². The van der Waals surface area contributed by atoms with Crippen LogP contribution in [-0.2, 0) is 15.6 Å². The normalized spacial score (nSPS) is 11.5. The smallest absolute Gasteiger partial charge is 0.182 e. The summed E-state index contributed by atoms with van der Waals surface area (Å²) < 4.78 is 37.5. The van der Waals surface area contributed by atoms with Crippen molar-refractivity contribution in [3.05, 3.63) is 59.4 Å². The monoisotopic (exact) mass is 279 g/mol. The Morgan fingerprint density at radius 3 is 2.32 bits per heavy atom. The number of rotatable bonds is 3. The van der Waals surface area contributed by atoms with Gasteiger partial charge in [-0.1, -0.05) is 29.8 Å². The number of nitrogen functional groups attached to an aromatic ring is 1. The van der Waals surface area contributed by atoms with Crippen molar-refractivity contribution in [2.45, 2.75) is 17.6 Å². The molecule has 2 rings (SSSR count). The van der Waals surface area contributed by atoms with E-state index in [-0.39, 0.29) is 16.3 Å². The highest BCUT2D eigenvalue weighted by atomic mass is 32.2. The van der Waals surface area contributed by atoms with E-state index >= 15 is 0 Å². The Kier molecular flexibility index (Phi) is 3.57. The molecule has 2 aromatic rings. The third kappa shape index (κ3) is 3.32. The number of aryl methyl sites for hydroxylation is 1. The average Bonchev–Trinajstić information content (AvgIpc) is 2.31. The third-order valence-electron chi connectivity index (χ3n) is 2.73. The van der Waals surface area contributed by atoms with Crippen molar-refractivity contribution in [1.82, 2.24) is 0 Å². The first-order chi connectivity index (χ1) is 8.87. The maximum atomic E-state index is 13.2. The van der Waals surface area contributed by atoms with Gasteiger partial charge in [-0.05, 0) is 30.7 Å². The zero-order chi connectivity index (χ0) is 14.0. The van der Waals surface area contributed by atoms with Crippen LogP contribution < -0.4 is 5.73 Å². The summed E-state index contributed by atoms with van der Waals surface area (Å²) in [5, 5.41) is 0. The van der Waals surface area contributed by atoms with Gasteiger partial charge in [-0.3, -0.25) is 0 Å². The molecule has 0 radical (unpaired) electrons. The van der Waals surface area contributed by atoms with Gasteiger partial charge >= 0.3 is 0 Å². The molecule has 2 N–H and O–H groups in total. The maximum Gasteiger partial charge on any atom is 0.182 e. The summed E-state index contributed by atoms with van der Waals surface area (Å²) >= 11 is 0. The van der Waals surface area contributed by atoms with Crippen molar-refractivity contribution < 1.29 is 12.8 Å². The molecule has 0 aliphatic carbocycles. The van der Waals surface area contributed by atoms with E-state index in [2.05, 4.69) is 0 Å². The molecule has 0 spiro atoms. The molecule has 3 nitrogen and oxygen atoms in total. The first kappa shape index (κ1) is 13.5. The fraction of sp³-hybridized carbons (Fsp3) is 0.143. The topological polar surface area (TPSA) is 60.2 Å². The Labute approximate surface area is 111 Å². The Bertz CT molecular complexity index is 674. The van der Waals surface area contributed by atoms with Crippen LogP contribution in [-0.4, -0.2) is 8.42 Å². The minimum absolute atomic E-state index is 0.0921. The van der Waals surface area contributed by atoms with Gasteiger partial charge in [-0.2, -0.15) is 0 Å². The van der Waals surface area contributed by atoms with Crippen LogP contribution in [0.2, 0.25) is 0 Å². The van der Waals surface area contributed by atoms with Crippen molar-refractivity contribution in [3.8, 4) is 0 Å². The summed E-state index contributed by atoms with van der Waals surface area (Å²) in [6, 6.07) is 10.5. The quantitative estimate of drug-likeness (QED) is 0.879. The molecule has 0 aromatic heterocycles. The SMILES string of the molecule is Cc1ccc(CS(=O)(=O)c2cc(N)cc(F)c2)cc1. The molecule has 0 aliphatic rings. The minimum Gasteiger partial charge on any atom is -0.399 e. The molecule has 0 saturated carbocycles. The lowest BCUT2D eigenvalue weighted by atomic mass is 10.2. The van der Waals surface area contributed by atoms with E-state index in [0.717, 1.165) is 17.7 Å². The maximum absolute atomic E-state index is 13.2. The second-order valence-corrected chi connectivity index (χ2v) is 6.45. The number of anilines is 1. The van der Waals surface area contributed by atoms with Crippen LogP contribution in [0.1, 0.15) is 11.1 Å². The zero-order valence-electron chi connectivity index (χ0n) is 10.4. The Morgan fingerprint density at radius 2 is 1.74 bits per heavy atom. The molecule has 5 heteroatoms. The van der Waals surface area contributed by atoms with Crippen molar-refractivity contribution in [2.75, 3.05) is 5.73 Å². The molecule has 0 aliphatic heterocycles. The lowest BCUT2D eigenvalue weighted by Gasteiger charge is -2.06. The van der Waals surface area contributed by atoms with Crippen LogP contribution in [0.5, 0.6) is 0 Å². The summed E-state index contributed by atoms with van der Waals surface area (Å²) in [7, 11) is -3.59. The van der Waals surface area contributed by atoms with Gasteiger partial charge in [0.1, 0.15) is 5.82 Å². The van der Waals surface area contributed by atoms with E-state index in [1.165, 1.54) is 6.07 Å². The number of halogens is 1. The number of nitrogens with two attached hydrogens (primary N) is 1.